The molecule has 2 aromatic carbocycles. The maximum Gasteiger partial charge on any atom is 0.387 e. The van der Waals surface area contributed by atoms with Gasteiger partial charge in [0.2, 0.25) is 0 Å². The van der Waals surface area contributed by atoms with Crippen LogP contribution in [0.4, 0.5) is 8.78 Å². The van der Waals surface area contributed by atoms with E-state index in [0.29, 0.717) is 35.5 Å². The predicted octanol–water partition coefficient (Wildman–Crippen LogP) is 5.05. The molecule has 0 saturated heterocycles. The van der Waals surface area contributed by atoms with Crippen molar-refractivity contribution >= 4 is 40.9 Å². The lowest BCUT2D eigenvalue weighted by Crippen LogP contribution is -2.50. The SMILES string of the molecule is [B]C([B])([B])N(C)C(CC)c1nc2ccc(-c3cnc4c(c3)CCC4C)cc2n1-c1c(C=O)cccc1OC(F)F. The number of hydrogen-bond acceptors (Lipinski definition) is 5. The molecule has 4 aromatic rings. The number of para-hydroxylation sites is 1. The molecule has 0 aliphatic heterocycles. The minimum atomic E-state index is -3.11. The first-order valence-electron chi connectivity index (χ1n) is 13.2. The van der Waals surface area contributed by atoms with Crippen molar-refractivity contribution in [3.8, 4) is 22.6 Å². The van der Waals surface area contributed by atoms with Gasteiger partial charge in [0.1, 0.15) is 11.5 Å². The Kier molecular flexibility index (Phi) is 7.61. The highest BCUT2D eigenvalue weighted by molar-refractivity contribution is 6.59. The number of ether oxygens (including phenoxy) is 1. The average Bonchev–Trinajstić information content (AvgIpc) is 3.47. The Labute approximate surface area is 236 Å². The van der Waals surface area contributed by atoms with Gasteiger partial charge in [-0.1, -0.05) is 31.2 Å². The number of fused-ring (bicyclic) bond motifs is 2. The third kappa shape index (κ3) is 5.07. The highest BCUT2D eigenvalue weighted by Gasteiger charge is 2.31. The van der Waals surface area contributed by atoms with Crippen molar-refractivity contribution < 1.29 is 18.3 Å². The molecule has 0 spiro atoms. The summed E-state index contributed by atoms with van der Waals surface area (Å²) >= 11 is 0. The third-order valence-corrected chi connectivity index (χ3v) is 7.69. The predicted molar refractivity (Wildman–Crippen MR) is 154 cm³/mol. The summed E-state index contributed by atoms with van der Waals surface area (Å²) in [5, 5.41) is -1.70. The molecular weight excluding hydrogens is 507 g/mol. The summed E-state index contributed by atoms with van der Waals surface area (Å²) in [7, 11) is 19.8. The summed E-state index contributed by atoms with van der Waals surface area (Å²) in [6.07, 6.45) is 4.95. The molecule has 6 radical (unpaired) electrons. The number of carbonyl (C=O) groups is 1. The highest BCUT2D eigenvalue weighted by atomic mass is 19.3. The van der Waals surface area contributed by atoms with Crippen molar-refractivity contribution in [1.82, 2.24) is 19.4 Å². The van der Waals surface area contributed by atoms with E-state index >= 15 is 0 Å². The molecule has 2 aromatic heterocycles. The summed E-state index contributed by atoms with van der Waals surface area (Å²) in [4.78, 5) is 23.4. The first-order chi connectivity index (χ1) is 19.0. The van der Waals surface area contributed by atoms with E-state index < -0.39 is 17.9 Å². The normalized spacial score (nSPS) is 16.0. The molecule has 198 valence electrons. The molecule has 2 heterocycles. The molecule has 0 bridgehead atoms. The van der Waals surface area contributed by atoms with Crippen LogP contribution in [0.25, 0.3) is 27.8 Å². The topological polar surface area (TPSA) is 60.2 Å². The van der Waals surface area contributed by atoms with E-state index in [-0.39, 0.29) is 17.0 Å². The van der Waals surface area contributed by atoms with E-state index in [4.69, 9.17) is 38.2 Å². The van der Waals surface area contributed by atoms with Crippen molar-refractivity contribution in [2.75, 3.05) is 7.05 Å². The second-order valence-corrected chi connectivity index (χ2v) is 10.3. The van der Waals surface area contributed by atoms with Crippen LogP contribution in [-0.4, -0.2) is 68.2 Å². The van der Waals surface area contributed by atoms with Gasteiger partial charge in [-0.2, -0.15) is 8.78 Å². The molecule has 0 saturated carbocycles. The lowest BCUT2D eigenvalue weighted by molar-refractivity contribution is -0.0498. The highest BCUT2D eigenvalue weighted by Crippen LogP contribution is 2.39. The number of aldehydes is 1. The van der Waals surface area contributed by atoms with Crippen LogP contribution in [0.3, 0.4) is 0 Å². The number of rotatable bonds is 9. The third-order valence-electron chi connectivity index (χ3n) is 7.69. The maximum absolute atomic E-state index is 13.5. The molecule has 2 atom stereocenters. The number of nitrogens with zero attached hydrogens (tertiary/aromatic N) is 4. The number of carbonyl (C=O) groups excluding carboxylic acids is 1. The summed E-state index contributed by atoms with van der Waals surface area (Å²) in [6.45, 7) is 0.971. The van der Waals surface area contributed by atoms with Crippen LogP contribution < -0.4 is 4.74 Å². The molecule has 11 heteroatoms. The van der Waals surface area contributed by atoms with Crippen LogP contribution >= 0.6 is 0 Å². The summed E-state index contributed by atoms with van der Waals surface area (Å²) in [5.74, 6) is 0.666. The summed E-state index contributed by atoms with van der Waals surface area (Å²) in [5.41, 5.74) is 5.57. The summed E-state index contributed by atoms with van der Waals surface area (Å²) in [6, 6.07) is 11.7. The molecule has 1 aliphatic carbocycles. The zero-order valence-corrected chi connectivity index (χ0v) is 22.6. The number of aryl methyl sites for hydroxylation is 1. The van der Waals surface area contributed by atoms with E-state index in [9.17, 15) is 13.6 Å². The van der Waals surface area contributed by atoms with Crippen LogP contribution in [0.5, 0.6) is 5.75 Å². The fourth-order valence-electron chi connectivity index (χ4n) is 5.53. The number of halogens is 2. The van der Waals surface area contributed by atoms with Gasteiger partial charge in [-0.05, 0) is 73.7 Å². The average molecular weight is 534 g/mol. The Hall–Kier alpha value is -3.46. The van der Waals surface area contributed by atoms with Crippen LogP contribution in [0.2, 0.25) is 0 Å². The van der Waals surface area contributed by atoms with Gasteiger partial charge in [0.05, 0.1) is 40.6 Å². The molecule has 5 rings (SSSR count). The van der Waals surface area contributed by atoms with Crippen molar-refractivity contribution in [3.05, 3.63) is 71.3 Å². The molecule has 6 nitrogen and oxygen atoms in total. The first-order valence-corrected chi connectivity index (χ1v) is 13.2. The zero-order valence-electron chi connectivity index (χ0n) is 22.6. The molecule has 0 N–H and O–H groups in total. The Morgan fingerprint density at radius 2 is 1.98 bits per heavy atom. The van der Waals surface area contributed by atoms with E-state index in [2.05, 4.69) is 13.0 Å². The fraction of sp³-hybridized carbons (Fsp3) is 0.345. The Morgan fingerprint density at radius 1 is 1.20 bits per heavy atom. The van der Waals surface area contributed by atoms with Crippen LogP contribution in [0, 0.1) is 0 Å². The molecule has 1 aliphatic rings. The van der Waals surface area contributed by atoms with E-state index in [1.165, 1.54) is 23.8 Å². The molecule has 40 heavy (non-hydrogen) atoms. The first kappa shape index (κ1) is 28.1. The quantitative estimate of drug-likeness (QED) is 0.222. The number of aromatic nitrogens is 3. The second-order valence-electron chi connectivity index (χ2n) is 10.3. The molecule has 2 unspecified atom stereocenters. The van der Waals surface area contributed by atoms with Crippen LogP contribution in [-0.2, 0) is 6.42 Å². The zero-order chi connectivity index (χ0) is 28.8. The van der Waals surface area contributed by atoms with Gasteiger partial charge in [-0.15, -0.1) is 0 Å². The van der Waals surface area contributed by atoms with Crippen molar-refractivity contribution in [1.29, 1.82) is 0 Å². The standard InChI is InChI=1S/C29H27B3F2N4O2/c1-4-22(37(3)29(30,31)32)27-36-21-11-10-17(20-12-18-9-8-16(2)25(18)35-14-20)13-23(21)38(27)26-19(15-39)6-5-7-24(26)40-28(33)34/h5-7,10-16,22,28H,4,8-9H2,1-3H3. The van der Waals surface area contributed by atoms with Crippen molar-refractivity contribution in [2.24, 2.45) is 0 Å². The second kappa shape index (κ2) is 10.8. The minimum Gasteiger partial charge on any atom is -0.433 e. The van der Waals surface area contributed by atoms with Crippen molar-refractivity contribution in [2.45, 2.75) is 56.9 Å². The number of imidazole rings is 1. The van der Waals surface area contributed by atoms with Gasteiger partial charge < -0.3 is 9.64 Å². The Morgan fingerprint density at radius 3 is 2.65 bits per heavy atom. The fourth-order valence-corrected chi connectivity index (χ4v) is 5.53. The Balaban J connectivity index is 1.79. The van der Waals surface area contributed by atoms with E-state index in [0.717, 1.165) is 29.7 Å². The molecule has 0 fully saturated rings. The lowest BCUT2D eigenvalue weighted by atomic mass is 9.48. The van der Waals surface area contributed by atoms with Gasteiger partial charge in [-0.25, -0.2) is 4.98 Å². The van der Waals surface area contributed by atoms with Gasteiger partial charge in [0.25, 0.3) is 0 Å². The maximum atomic E-state index is 13.5. The molecule has 0 amide bonds. The van der Waals surface area contributed by atoms with Gasteiger partial charge in [0.15, 0.2) is 12.0 Å². The Bertz CT molecular complexity index is 1570. The molecular formula is C29H27B3F2N4O2. The number of alkyl halides is 2. The summed E-state index contributed by atoms with van der Waals surface area (Å²) < 4.78 is 33.6. The lowest BCUT2D eigenvalue weighted by Gasteiger charge is -2.39. The van der Waals surface area contributed by atoms with Gasteiger partial charge in [-0.3, -0.25) is 14.3 Å². The monoisotopic (exact) mass is 534 g/mol. The number of hydrogen-bond donors (Lipinski definition) is 0. The number of pyridine rings is 1. The minimum absolute atomic E-state index is 0.136. The van der Waals surface area contributed by atoms with Gasteiger partial charge in [0, 0.05) is 23.0 Å². The van der Waals surface area contributed by atoms with Gasteiger partial charge >= 0.3 is 6.61 Å². The largest absolute Gasteiger partial charge is 0.433 e. The van der Waals surface area contributed by atoms with E-state index in [1.807, 2.05) is 31.3 Å². The van der Waals surface area contributed by atoms with Crippen molar-refractivity contribution in [3.63, 3.8) is 0 Å². The van der Waals surface area contributed by atoms with E-state index in [1.54, 1.807) is 16.5 Å². The number of benzene rings is 2. The smallest absolute Gasteiger partial charge is 0.387 e. The van der Waals surface area contributed by atoms with Crippen LogP contribution in [0.1, 0.15) is 66.1 Å². The van der Waals surface area contributed by atoms with Crippen LogP contribution in [0.15, 0.2) is 48.7 Å².